The average Bonchev–Trinajstić information content (AvgIpc) is 2.84. The number of carbonyl (C=O) groups excluding carboxylic acids is 1. The molecule has 4 rings (SSSR count). The van der Waals surface area contributed by atoms with E-state index in [-0.39, 0.29) is 16.8 Å². The number of ether oxygens (including phenoxy) is 1. The Morgan fingerprint density at radius 1 is 0.969 bits per heavy atom. The number of piperazine rings is 1. The van der Waals surface area contributed by atoms with Gasteiger partial charge in [-0.1, -0.05) is 12.5 Å². The van der Waals surface area contributed by atoms with Crippen LogP contribution in [0.2, 0.25) is 0 Å². The standard InChI is InChI=1S/C24H31N3O4S/c1-19-6-3-4-13-27(19)32(29,30)23-11-9-20(10-12-23)24(28)26-16-14-25(15-17-26)21-7-5-8-22(18-21)31-2/h5,7-12,18-19H,3-4,6,13-17H2,1-2H3/t19-/m0/s1. The molecular weight excluding hydrogens is 426 g/mol. The lowest BCUT2D eigenvalue weighted by Gasteiger charge is -2.36. The Morgan fingerprint density at radius 3 is 2.34 bits per heavy atom. The monoisotopic (exact) mass is 457 g/mol. The molecule has 7 nitrogen and oxygen atoms in total. The largest absolute Gasteiger partial charge is 0.497 e. The minimum absolute atomic E-state index is 0.0101. The van der Waals surface area contributed by atoms with E-state index in [1.165, 1.54) is 0 Å². The van der Waals surface area contributed by atoms with E-state index in [2.05, 4.69) is 4.90 Å². The molecule has 2 fully saturated rings. The molecule has 0 spiro atoms. The van der Waals surface area contributed by atoms with E-state index in [4.69, 9.17) is 4.74 Å². The van der Waals surface area contributed by atoms with Crippen molar-refractivity contribution in [1.82, 2.24) is 9.21 Å². The van der Waals surface area contributed by atoms with Crippen LogP contribution < -0.4 is 9.64 Å². The fourth-order valence-electron chi connectivity index (χ4n) is 4.49. The van der Waals surface area contributed by atoms with Gasteiger partial charge in [-0.15, -0.1) is 0 Å². The predicted octanol–water partition coefficient (Wildman–Crippen LogP) is 3.22. The number of amides is 1. The molecule has 172 valence electrons. The quantitative estimate of drug-likeness (QED) is 0.690. The van der Waals surface area contributed by atoms with E-state index in [1.54, 1.807) is 35.7 Å². The Bertz CT molecular complexity index is 1050. The summed E-state index contributed by atoms with van der Waals surface area (Å²) in [6, 6.07) is 14.3. The normalized spacial score (nSPS) is 20.2. The van der Waals surface area contributed by atoms with Crippen molar-refractivity contribution in [2.75, 3.05) is 44.7 Å². The van der Waals surface area contributed by atoms with Gasteiger partial charge >= 0.3 is 0 Å². The first kappa shape index (κ1) is 22.6. The lowest BCUT2D eigenvalue weighted by Crippen LogP contribution is -2.48. The third-order valence-corrected chi connectivity index (χ3v) is 8.46. The smallest absolute Gasteiger partial charge is 0.253 e. The van der Waals surface area contributed by atoms with Crippen LogP contribution in [0.1, 0.15) is 36.5 Å². The third kappa shape index (κ3) is 4.61. The van der Waals surface area contributed by atoms with Gasteiger partial charge in [-0.3, -0.25) is 4.79 Å². The van der Waals surface area contributed by atoms with Crippen molar-refractivity contribution in [2.24, 2.45) is 0 Å². The molecule has 2 saturated heterocycles. The minimum atomic E-state index is -3.53. The van der Waals surface area contributed by atoms with E-state index in [0.29, 0.717) is 25.2 Å². The van der Waals surface area contributed by atoms with E-state index < -0.39 is 10.0 Å². The fourth-order valence-corrected chi connectivity index (χ4v) is 6.19. The minimum Gasteiger partial charge on any atom is -0.497 e. The third-order valence-electron chi connectivity index (χ3n) is 6.44. The van der Waals surface area contributed by atoms with Crippen molar-refractivity contribution in [3.8, 4) is 5.75 Å². The number of nitrogens with zero attached hydrogens (tertiary/aromatic N) is 3. The van der Waals surface area contributed by atoms with Crippen molar-refractivity contribution in [3.63, 3.8) is 0 Å². The van der Waals surface area contributed by atoms with Crippen LogP contribution in [0.25, 0.3) is 0 Å². The van der Waals surface area contributed by atoms with E-state index >= 15 is 0 Å². The van der Waals surface area contributed by atoms with Crippen LogP contribution in [0.5, 0.6) is 5.75 Å². The zero-order valence-electron chi connectivity index (χ0n) is 18.7. The molecule has 8 heteroatoms. The lowest BCUT2D eigenvalue weighted by atomic mass is 10.1. The van der Waals surface area contributed by atoms with Crippen molar-refractivity contribution >= 4 is 21.6 Å². The van der Waals surface area contributed by atoms with Crippen LogP contribution in [-0.2, 0) is 10.0 Å². The highest BCUT2D eigenvalue weighted by molar-refractivity contribution is 7.89. The zero-order valence-corrected chi connectivity index (χ0v) is 19.6. The maximum absolute atomic E-state index is 13.0. The number of sulfonamides is 1. The van der Waals surface area contributed by atoms with E-state index in [1.807, 2.05) is 36.1 Å². The number of methoxy groups -OCH3 is 1. The lowest BCUT2D eigenvalue weighted by molar-refractivity contribution is 0.0746. The average molecular weight is 458 g/mol. The molecule has 2 aromatic rings. The van der Waals surface area contributed by atoms with Crippen LogP contribution in [0, 0.1) is 0 Å². The summed E-state index contributed by atoms with van der Waals surface area (Å²) in [5, 5.41) is 0. The van der Waals surface area contributed by atoms with Gasteiger partial charge in [0.15, 0.2) is 0 Å². The SMILES string of the molecule is COc1cccc(N2CCN(C(=O)c3ccc(S(=O)(=O)N4CCCC[C@@H]4C)cc3)CC2)c1. The summed E-state index contributed by atoms with van der Waals surface area (Å²) in [7, 11) is -1.88. The molecule has 32 heavy (non-hydrogen) atoms. The predicted molar refractivity (Wildman–Crippen MR) is 125 cm³/mol. The summed E-state index contributed by atoms with van der Waals surface area (Å²) < 4.78 is 32.9. The van der Waals surface area contributed by atoms with Gasteiger partial charge in [-0.25, -0.2) is 8.42 Å². The van der Waals surface area contributed by atoms with Crippen LogP contribution in [0.3, 0.4) is 0 Å². The molecule has 1 amide bonds. The number of hydrogen-bond donors (Lipinski definition) is 0. The number of anilines is 1. The van der Waals surface area contributed by atoms with Gasteiger partial charge < -0.3 is 14.5 Å². The molecule has 0 unspecified atom stereocenters. The Morgan fingerprint density at radius 2 is 1.69 bits per heavy atom. The molecule has 2 heterocycles. The first-order chi connectivity index (χ1) is 15.4. The second-order valence-corrected chi connectivity index (χ2v) is 10.4. The number of rotatable bonds is 5. The van der Waals surface area contributed by atoms with E-state index in [9.17, 15) is 13.2 Å². The molecule has 0 N–H and O–H groups in total. The highest BCUT2D eigenvalue weighted by Crippen LogP contribution is 2.26. The topological polar surface area (TPSA) is 70.2 Å². The number of carbonyl (C=O) groups is 1. The number of hydrogen-bond acceptors (Lipinski definition) is 5. The highest BCUT2D eigenvalue weighted by Gasteiger charge is 2.31. The highest BCUT2D eigenvalue weighted by atomic mass is 32.2. The van der Waals surface area contributed by atoms with Crippen LogP contribution in [0.15, 0.2) is 53.4 Å². The summed E-state index contributed by atoms with van der Waals surface area (Å²) >= 11 is 0. The van der Waals surface area contributed by atoms with Crippen LogP contribution in [-0.4, -0.2) is 69.4 Å². The van der Waals surface area contributed by atoms with Gasteiger partial charge in [0, 0.05) is 56.1 Å². The molecule has 0 radical (unpaired) electrons. The molecule has 2 aliphatic heterocycles. The number of benzene rings is 2. The maximum Gasteiger partial charge on any atom is 0.253 e. The van der Waals surface area contributed by atoms with Gasteiger partial charge in [0.25, 0.3) is 5.91 Å². The van der Waals surface area contributed by atoms with Crippen molar-refractivity contribution in [1.29, 1.82) is 0 Å². The summed E-state index contributed by atoms with van der Waals surface area (Å²) in [6.45, 7) is 5.21. The fraction of sp³-hybridized carbons (Fsp3) is 0.458. The molecule has 0 aliphatic carbocycles. The van der Waals surface area contributed by atoms with Crippen molar-refractivity contribution in [2.45, 2.75) is 37.1 Å². The summed E-state index contributed by atoms with van der Waals surface area (Å²) in [5.74, 6) is 0.751. The van der Waals surface area contributed by atoms with Crippen molar-refractivity contribution < 1.29 is 17.9 Å². The van der Waals surface area contributed by atoms with Gasteiger partial charge in [-0.2, -0.15) is 4.31 Å². The molecule has 0 bridgehead atoms. The first-order valence-electron chi connectivity index (χ1n) is 11.2. The van der Waals surface area contributed by atoms with Gasteiger partial charge in [0.05, 0.1) is 12.0 Å². The molecule has 2 aromatic carbocycles. The van der Waals surface area contributed by atoms with Crippen LogP contribution in [0.4, 0.5) is 5.69 Å². The van der Waals surface area contributed by atoms with Gasteiger partial charge in [0.1, 0.15) is 5.75 Å². The summed E-state index contributed by atoms with van der Waals surface area (Å²) in [4.78, 5) is 17.3. The second-order valence-electron chi connectivity index (χ2n) is 8.47. The molecule has 0 saturated carbocycles. The van der Waals surface area contributed by atoms with E-state index in [0.717, 1.165) is 43.8 Å². The molecule has 0 aromatic heterocycles. The first-order valence-corrected chi connectivity index (χ1v) is 12.6. The summed E-state index contributed by atoms with van der Waals surface area (Å²) in [5.41, 5.74) is 1.60. The Balaban J connectivity index is 1.40. The van der Waals surface area contributed by atoms with Gasteiger partial charge in [-0.05, 0) is 56.2 Å². The summed E-state index contributed by atoms with van der Waals surface area (Å²) in [6.07, 6.45) is 2.84. The van der Waals surface area contributed by atoms with Crippen molar-refractivity contribution in [3.05, 3.63) is 54.1 Å². The Hall–Kier alpha value is -2.58. The van der Waals surface area contributed by atoms with Gasteiger partial charge in [0.2, 0.25) is 10.0 Å². The Labute approximate surface area is 190 Å². The number of piperidine rings is 1. The zero-order chi connectivity index (χ0) is 22.7. The van der Waals surface area contributed by atoms with Crippen LogP contribution >= 0.6 is 0 Å². The second kappa shape index (κ2) is 9.50. The maximum atomic E-state index is 13.0. The Kier molecular flexibility index (Phi) is 6.71. The molecular formula is C24H31N3O4S. The molecule has 1 atom stereocenters. The molecule has 2 aliphatic rings.